The topological polar surface area (TPSA) is 110 Å². The molecule has 30 heavy (non-hydrogen) atoms. The number of amides is 1. The summed E-state index contributed by atoms with van der Waals surface area (Å²) in [6.07, 6.45) is 0. The summed E-state index contributed by atoms with van der Waals surface area (Å²) in [6.45, 7) is 1.46. The molecule has 0 aliphatic carbocycles. The third-order valence-corrected chi connectivity index (χ3v) is 4.44. The fraction of sp³-hybridized carbons (Fsp3) is 0.190. The van der Waals surface area contributed by atoms with Gasteiger partial charge in [0.05, 0.1) is 6.54 Å². The maximum Gasteiger partial charge on any atom is 0.330 e. The number of nitrogens with zero attached hydrogens (tertiary/aromatic N) is 2. The molecule has 0 radical (unpaired) electrons. The largest absolute Gasteiger partial charge is 0.484 e. The van der Waals surface area contributed by atoms with Crippen LogP contribution >= 0.6 is 0 Å². The number of nitrogens with two attached hydrogens (primary N) is 1. The van der Waals surface area contributed by atoms with E-state index in [1.54, 1.807) is 6.92 Å². The van der Waals surface area contributed by atoms with Crippen molar-refractivity contribution in [3.8, 4) is 5.75 Å². The van der Waals surface area contributed by atoms with Crippen LogP contribution in [0.3, 0.4) is 0 Å². The van der Waals surface area contributed by atoms with Crippen LogP contribution in [0.15, 0.2) is 64.2 Å². The van der Waals surface area contributed by atoms with Crippen LogP contribution in [0.1, 0.15) is 12.5 Å². The zero-order valence-electron chi connectivity index (χ0n) is 16.3. The molecule has 1 amide bonds. The fourth-order valence-electron chi connectivity index (χ4n) is 3.00. The third-order valence-electron chi connectivity index (χ3n) is 4.44. The maximum atomic E-state index is 13.3. The van der Waals surface area contributed by atoms with Gasteiger partial charge in [-0.25, -0.2) is 9.18 Å². The number of hydrogen-bond acceptors (Lipinski definition) is 5. The standard InChI is InChI=1S/C21H21FN4O4/c1-2-25(17(27)13-30-16-10-6-9-15(22)11-16)18-19(23)26(21(29)24-20(18)28)12-14-7-4-3-5-8-14/h3-11H,2,12-13,23H2,1H3,(H,24,28,29). The molecule has 1 heterocycles. The summed E-state index contributed by atoms with van der Waals surface area (Å²) < 4.78 is 19.8. The molecular weight excluding hydrogens is 391 g/mol. The molecule has 156 valence electrons. The number of hydrogen-bond donors (Lipinski definition) is 2. The van der Waals surface area contributed by atoms with Crippen LogP contribution in [0.2, 0.25) is 0 Å². The van der Waals surface area contributed by atoms with E-state index in [1.165, 1.54) is 22.8 Å². The number of rotatable bonds is 7. The second-order valence-corrected chi connectivity index (χ2v) is 6.45. The number of nitrogens with one attached hydrogen (secondary N) is 1. The zero-order chi connectivity index (χ0) is 21.7. The van der Waals surface area contributed by atoms with Gasteiger partial charge in [-0.1, -0.05) is 36.4 Å². The molecule has 8 nitrogen and oxygen atoms in total. The lowest BCUT2D eigenvalue weighted by Crippen LogP contribution is -2.42. The van der Waals surface area contributed by atoms with E-state index < -0.39 is 29.6 Å². The number of aromatic amines is 1. The number of aromatic nitrogens is 2. The maximum absolute atomic E-state index is 13.3. The summed E-state index contributed by atoms with van der Waals surface area (Å²) in [6, 6.07) is 14.4. The van der Waals surface area contributed by atoms with Crippen LogP contribution in [0, 0.1) is 5.82 Å². The van der Waals surface area contributed by atoms with Crippen molar-refractivity contribution in [3.05, 3.63) is 86.8 Å². The van der Waals surface area contributed by atoms with E-state index in [4.69, 9.17) is 10.5 Å². The van der Waals surface area contributed by atoms with Gasteiger partial charge in [-0.3, -0.25) is 19.1 Å². The van der Waals surface area contributed by atoms with Crippen LogP contribution in [-0.2, 0) is 11.3 Å². The molecule has 3 rings (SSSR count). The van der Waals surface area contributed by atoms with Gasteiger partial charge in [0, 0.05) is 12.6 Å². The molecule has 0 unspecified atom stereocenters. The molecule has 0 atom stereocenters. The molecule has 0 saturated carbocycles. The van der Waals surface area contributed by atoms with Crippen molar-refractivity contribution in [2.24, 2.45) is 0 Å². The summed E-state index contributed by atoms with van der Waals surface area (Å²) in [5.74, 6) is -1.02. The van der Waals surface area contributed by atoms with Gasteiger partial charge in [0.25, 0.3) is 11.5 Å². The minimum atomic E-state index is -0.775. The van der Waals surface area contributed by atoms with E-state index >= 15 is 0 Å². The first-order valence-corrected chi connectivity index (χ1v) is 9.26. The lowest BCUT2D eigenvalue weighted by atomic mass is 10.2. The van der Waals surface area contributed by atoms with Crippen molar-refractivity contribution in [3.63, 3.8) is 0 Å². The Morgan fingerprint density at radius 3 is 2.57 bits per heavy atom. The van der Waals surface area contributed by atoms with Crippen molar-refractivity contribution in [1.29, 1.82) is 0 Å². The SMILES string of the molecule is CCN(C(=O)COc1cccc(F)c1)c1c(N)n(Cc2ccccc2)c(=O)[nH]c1=O. The van der Waals surface area contributed by atoms with E-state index in [9.17, 15) is 18.8 Å². The Morgan fingerprint density at radius 2 is 1.90 bits per heavy atom. The molecule has 3 N–H and O–H groups in total. The molecule has 9 heteroatoms. The van der Waals surface area contributed by atoms with Crippen LogP contribution in [0.25, 0.3) is 0 Å². The summed E-state index contributed by atoms with van der Waals surface area (Å²) in [5.41, 5.74) is 5.34. The number of H-pyrrole nitrogens is 1. The van der Waals surface area contributed by atoms with E-state index in [1.807, 2.05) is 30.3 Å². The Balaban J connectivity index is 1.89. The Morgan fingerprint density at radius 1 is 1.17 bits per heavy atom. The van der Waals surface area contributed by atoms with E-state index in [0.29, 0.717) is 0 Å². The first-order valence-electron chi connectivity index (χ1n) is 9.26. The summed E-state index contributed by atoms with van der Waals surface area (Å²) >= 11 is 0. The molecule has 0 bridgehead atoms. The van der Waals surface area contributed by atoms with Crippen molar-refractivity contribution in [1.82, 2.24) is 9.55 Å². The van der Waals surface area contributed by atoms with Crippen molar-refractivity contribution in [2.75, 3.05) is 23.8 Å². The number of ether oxygens (including phenoxy) is 1. The average Bonchev–Trinajstić information content (AvgIpc) is 2.73. The lowest BCUT2D eigenvalue weighted by molar-refractivity contribution is -0.120. The summed E-state index contributed by atoms with van der Waals surface area (Å²) in [7, 11) is 0. The Hall–Kier alpha value is -3.88. The quantitative estimate of drug-likeness (QED) is 0.614. The van der Waals surface area contributed by atoms with Gasteiger partial charge in [0.1, 0.15) is 17.4 Å². The predicted octanol–water partition coefficient (Wildman–Crippen LogP) is 1.74. The molecule has 0 saturated heterocycles. The highest BCUT2D eigenvalue weighted by Crippen LogP contribution is 2.18. The molecule has 0 spiro atoms. The van der Waals surface area contributed by atoms with E-state index in [0.717, 1.165) is 16.5 Å². The van der Waals surface area contributed by atoms with Gasteiger partial charge < -0.3 is 15.4 Å². The molecule has 3 aromatic rings. The number of carbonyl (C=O) groups excluding carboxylic acids is 1. The van der Waals surface area contributed by atoms with Crippen molar-refractivity contribution in [2.45, 2.75) is 13.5 Å². The van der Waals surface area contributed by atoms with E-state index in [2.05, 4.69) is 4.98 Å². The average molecular weight is 412 g/mol. The summed E-state index contributed by atoms with van der Waals surface area (Å²) in [4.78, 5) is 40.8. The van der Waals surface area contributed by atoms with Crippen LogP contribution < -0.4 is 26.6 Å². The highest BCUT2D eigenvalue weighted by atomic mass is 19.1. The minimum absolute atomic E-state index is 0.113. The smallest absolute Gasteiger partial charge is 0.330 e. The molecule has 0 aliphatic rings. The normalized spacial score (nSPS) is 10.6. The minimum Gasteiger partial charge on any atom is -0.484 e. The van der Waals surface area contributed by atoms with Crippen molar-refractivity contribution >= 4 is 17.4 Å². The monoisotopic (exact) mass is 412 g/mol. The fourth-order valence-corrected chi connectivity index (χ4v) is 3.00. The number of benzene rings is 2. The first-order chi connectivity index (χ1) is 14.4. The Labute approximate surface area is 171 Å². The van der Waals surface area contributed by atoms with Gasteiger partial charge >= 0.3 is 5.69 Å². The highest BCUT2D eigenvalue weighted by molar-refractivity contribution is 5.96. The second kappa shape index (κ2) is 9.08. The molecule has 2 aromatic carbocycles. The van der Waals surface area contributed by atoms with Gasteiger partial charge in [0.2, 0.25) is 0 Å². The number of carbonyl (C=O) groups is 1. The predicted molar refractivity (Wildman–Crippen MR) is 111 cm³/mol. The molecule has 0 fully saturated rings. The highest BCUT2D eigenvalue weighted by Gasteiger charge is 2.23. The van der Waals surface area contributed by atoms with Gasteiger partial charge in [-0.2, -0.15) is 0 Å². The van der Waals surface area contributed by atoms with Crippen LogP contribution in [-0.4, -0.2) is 28.6 Å². The number of anilines is 2. The summed E-state index contributed by atoms with van der Waals surface area (Å²) in [5, 5.41) is 0. The Kier molecular flexibility index (Phi) is 6.31. The Bertz CT molecular complexity index is 1160. The third kappa shape index (κ3) is 4.57. The van der Waals surface area contributed by atoms with E-state index in [-0.39, 0.29) is 30.3 Å². The first kappa shape index (κ1) is 20.8. The molecule has 0 aliphatic heterocycles. The van der Waals surface area contributed by atoms with Gasteiger partial charge in [-0.15, -0.1) is 0 Å². The van der Waals surface area contributed by atoms with Crippen molar-refractivity contribution < 1.29 is 13.9 Å². The molecule has 1 aromatic heterocycles. The van der Waals surface area contributed by atoms with Crippen LogP contribution in [0.4, 0.5) is 15.9 Å². The van der Waals surface area contributed by atoms with Crippen LogP contribution in [0.5, 0.6) is 5.75 Å². The lowest BCUT2D eigenvalue weighted by Gasteiger charge is -2.23. The van der Waals surface area contributed by atoms with Gasteiger partial charge in [0.15, 0.2) is 12.3 Å². The second-order valence-electron chi connectivity index (χ2n) is 6.45. The number of nitrogen functional groups attached to an aromatic ring is 1. The van der Waals surface area contributed by atoms with Gasteiger partial charge in [-0.05, 0) is 24.6 Å². The molecular formula is C21H21FN4O4. The number of likely N-dealkylation sites (N-methyl/N-ethyl adjacent to an activating group) is 1. The zero-order valence-corrected chi connectivity index (χ0v) is 16.3. The number of halogens is 1.